The van der Waals surface area contributed by atoms with Gasteiger partial charge >= 0.3 is 0 Å². The van der Waals surface area contributed by atoms with Crippen LogP contribution in [0, 0.1) is 0 Å². The minimum atomic E-state index is -1.11. The van der Waals surface area contributed by atoms with E-state index in [0.29, 0.717) is 6.42 Å². The monoisotopic (exact) mass is 912 g/mol. The number of carbonyl (C=O) groups is 1. The summed E-state index contributed by atoms with van der Waals surface area (Å²) >= 11 is 0. The molecule has 0 radical (unpaired) electrons. The van der Waals surface area contributed by atoms with E-state index in [1.54, 1.807) is 6.08 Å². The summed E-state index contributed by atoms with van der Waals surface area (Å²) in [5.41, 5.74) is 0. The average Bonchev–Trinajstić information content (AvgIpc) is 3.31. The number of rotatable bonds is 53. The fourth-order valence-electron chi connectivity index (χ4n) is 8.86. The molecule has 3 unspecified atom stereocenters. The molecule has 4 N–H and O–H groups in total. The zero-order valence-corrected chi connectivity index (χ0v) is 43.6. The van der Waals surface area contributed by atoms with E-state index >= 15 is 0 Å². The van der Waals surface area contributed by atoms with Crippen LogP contribution in [-0.2, 0) is 4.79 Å². The van der Waals surface area contributed by atoms with Crippen LogP contribution in [0.2, 0.25) is 0 Å². The lowest BCUT2D eigenvalue weighted by molar-refractivity contribution is -0.131. The molecule has 65 heavy (non-hydrogen) atoms. The van der Waals surface area contributed by atoms with Gasteiger partial charge in [-0.1, -0.05) is 281 Å². The number of aliphatic hydroxyl groups excluding tert-OH is 3. The van der Waals surface area contributed by atoms with Gasteiger partial charge in [-0.3, -0.25) is 4.79 Å². The molecule has 0 rings (SSSR count). The van der Waals surface area contributed by atoms with Crippen molar-refractivity contribution >= 4 is 5.91 Å². The quantitative estimate of drug-likeness (QED) is 0.0361. The third-order valence-corrected chi connectivity index (χ3v) is 13.4. The molecule has 0 aliphatic carbocycles. The van der Waals surface area contributed by atoms with E-state index in [-0.39, 0.29) is 6.61 Å². The fraction of sp³-hybridized carbons (Fsp3) is 0.850. The Morgan fingerprint density at radius 3 is 0.938 bits per heavy atom. The molecule has 0 saturated heterocycles. The second-order valence-electron chi connectivity index (χ2n) is 19.8. The van der Waals surface area contributed by atoms with E-state index < -0.39 is 24.2 Å². The summed E-state index contributed by atoms with van der Waals surface area (Å²) in [5.74, 6) is -0.515. The number of unbranched alkanes of at least 4 members (excludes halogenated alkanes) is 39. The Hall–Kier alpha value is -1.69. The number of amides is 1. The minimum Gasteiger partial charge on any atom is -0.394 e. The molecule has 0 aromatic heterocycles. The number of carbonyl (C=O) groups excluding carboxylic acids is 1. The molecule has 5 heteroatoms. The molecule has 0 saturated carbocycles. The van der Waals surface area contributed by atoms with Crippen molar-refractivity contribution in [1.29, 1.82) is 0 Å². The Kier molecular flexibility index (Phi) is 53.5. The van der Waals surface area contributed by atoms with E-state index in [0.717, 1.165) is 44.9 Å². The molecule has 0 aliphatic heterocycles. The molecule has 0 aromatic carbocycles. The van der Waals surface area contributed by atoms with E-state index in [4.69, 9.17) is 0 Å². The highest BCUT2D eigenvalue weighted by atomic mass is 16.3. The second-order valence-corrected chi connectivity index (χ2v) is 19.8. The van der Waals surface area contributed by atoms with Crippen molar-refractivity contribution in [2.24, 2.45) is 0 Å². The third-order valence-electron chi connectivity index (χ3n) is 13.4. The lowest BCUT2D eigenvalue weighted by Crippen LogP contribution is -2.48. The van der Waals surface area contributed by atoms with Crippen molar-refractivity contribution in [3.63, 3.8) is 0 Å². The molecular weight excluding hydrogens is 799 g/mol. The zero-order valence-electron chi connectivity index (χ0n) is 43.6. The summed E-state index contributed by atoms with van der Waals surface area (Å²) < 4.78 is 0. The molecule has 0 heterocycles. The summed E-state index contributed by atoms with van der Waals surface area (Å²) in [6.45, 7) is 4.20. The van der Waals surface area contributed by atoms with Crippen molar-refractivity contribution in [2.45, 2.75) is 321 Å². The number of nitrogens with one attached hydrogen (secondary N) is 1. The van der Waals surface area contributed by atoms with Gasteiger partial charge < -0.3 is 20.6 Å². The third kappa shape index (κ3) is 50.0. The average molecular weight is 913 g/mol. The van der Waals surface area contributed by atoms with Gasteiger partial charge in [0, 0.05) is 0 Å². The summed E-state index contributed by atoms with van der Waals surface area (Å²) in [4.78, 5) is 12.6. The minimum absolute atomic E-state index is 0.381. The molecule has 5 nitrogen and oxygen atoms in total. The van der Waals surface area contributed by atoms with Crippen molar-refractivity contribution in [3.05, 3.63) is 48.6 Å². The summed E-state index contributed by atoms with van der Waals surface area (Å²) in [6, 6.07) is -0.823. The van der Waals surface area contributed by atoms with Gasteiger partial charge in [-0.15, -0.1) is 0 Å². The van der Waals surface area contributed by atoms with Crippen LogP contribution < -0.4 is 5.32 Å². The van der Waals surface area contributed by atoms with Crippen LogP contribution in [0.25, 0.3) is 0 Å². The Morgan fingerprint density at radius 2 is 0.631 bits per heavy atom. The van der Waals surface area contributed by atoms with Gasteiger partial charge in [-0.25, -0.2) is 0 Å². The predicted octanol–water partition coefficient (Wildman–Crippen LogP) is 18.0. The van der Waals surface area contributed by atoms with Gasteiger partial charge in [-0.05, 0) is 70.6 Å². The highest BCUT2D eigenvalue weighted by Crippen LogP contribution is 2.17. The first-order valence-electron chi connectivity index (χ1n) is 29.0. The van der Waals surface area contributed by atoms with Crippen molar-refractivity contribution in [2.75, 3.05) is 6.61 Å². The lowest BCUT2D eigenvalue weighted by atomic mass is 10.0. The molecule has 382 valence electrons. The highest BCUT2D eigenvalue weighted by molar-refractivity contribution is 5.80. The van der Waals surface area contributed by atoms with E-state index in [9.17, 15) is 20.1 Å². The highest BCUT2D eigenvalue weighted by Gasteiger charge is 2.22. The number of hydrogen-bond donors (Lipinski definition) is 4. The number of allylic oxidation sites excluding steroid dienone is 7. The maximum Gasteiger partial charge on any atom is 0.249 e. The van der Waals surface area contributed by atoms with Crippen LogP contribution in [0.5, 0.6) is 0 Å². The summed E-state index contributed by atoms with van der Waals surface area (Å²) in [5, 5.41) is 33.4. The normalized spacial score (nSPS) is 13.6. The Morgan fingerprint density at radius 1 is 0.369 bits per heavy atom. The van der Waals surface area contributed by atoms with Crippen LogP contribution in [0.15, 0.2) is 48.6 Å². The Balaban J connectivity index is 3.63. The molecule has 3 atom stereocenters. The first kappa shape index (κ1) is 63.3. The van der Waals surface area contributed by atoms with Crippen LogP contribution in [-0.4, -0.2) is 46.1 Å². The van der Waals surface area contributed by atoms with E-state index in [1.165, 1.54) is 238 Å². The van der Waals surface area contributed by atoms with Crippen LogP contribution in [0.4, 0.5) is 0 Å². The molecule has 0 bridgehead atoms. The molecule has 0 spiro atoms. The Labute approximate surface area is 406 Å². The van der Waals surface area contributed by atoms with Crippen molar-refractivity contribution < 1.29 is 20.1 Å². The molecule has 1 amide bonds. The lowest BCUT2D eigenvalue weighted by Gasteiger charge is -2.21. The van der Waals surface area contributed by atoms with Gasteiger partial charge in [0.15, 0.2) is 0 Å². The van der Waals surface area contributed by atoms with E-state index in [1.807, 2.05) is 6.08 Å². The second kappa shape index (κ2) is 54.9. The molecular formula is C60H113NO4. The summed E-state index contributed by atoms with van der Waals surface area (Å²) in [6.07, 6.45) is 73.4. The first-order valence-corrected chi connectivity index (χ1v) is 29.0. The summed E-state index contributed by atoms with van der Waals surface area (Å²) in [7, 11) is 0. The smallest absolute Gasteiger partial charge is 0.249 e. The predicted molar refractivity (Wildman–Crippen MR) is 287 cm³/mol. The largest absolute Gasteiger partial charge is 0.394 e. The Bertz CT molecular complexity index is 1050. The number of hydrogen-bond acceptors (Lipinski definition) is 4. The van der Waals surface area contributed by atoms with Gasteiger partial charge in [-0.2, -0.15) is 0 Å². The molecule has 0 aliphatic rings. The SMILES string of the molecule is CCCCCCCCCCCCCC/C=C\CCCCCCCCCCCCCC(O)C(=O)NC(CO)C(O)/C=C/CC/C=C/CC/C=C/CCCCCCCCCCCCCCCC. The fourth-order valence-corrected chi connectivity index (χ4v) is 8.86. The van der Waals surface area contributed by atoms with Crippen LogP contribution in [0.1, 0.15) is 303 Å². The molecule has 0 aromatic rings. The van der Waals surface area contributed by atoms with Crippen molar-refractivity contribution in [3.8, 4) is 0 Å². The van der Waals surface area contributed by atoms with Crippen LogP contribution >= 0.6 is 0 Å². The van der Waals surface area contributed by atoms with E-state index in [2.05, 4.69) is 55.6 Å². The topological polar surface area (TPSA) is 89.8 Å². The maximum absolute atomic E-state index is 12.6. The van der Waals surface area contributed by atoms with Gasteiger partial charge in [0.25, 0.3) is 0 Å². The first-order chi connectivity index (χ1) is 32.1. The zero-order chi connectivity index (χ0) is 47.2. The standard InChI is InChI=1S/C60H113NO4/c1-3-5-7-9-11-13-15-17-19-21-23-25-27-29-30-31-33-35-37-39-41-43-45-47-49-51-53-55-59(64)60(65)61-57(56-62)58(63)54-52-50-48-46-44-42-40-38-36-34-32-28-26-24-22-20-18-16-14-12-10-8-6-4-2/h29-30,36,38,44,46,52,54,57-59,62-64H,3-28,31-35,37,39-43,45,47-51,53,55-56H2,1-2H3,(H,61,65)/b30-29-,38-36+,46-44+,54-52+. The molecule has 0 fully saturated rings. The van der Waals surface area contributed by atoms with Gasteiger partial charge in [0.05, 0.1) is 18.8 Å². The number of aliphatic hydroxyl groups is 3. The van der Waals surface area contributed by atoms with Gasteiger partial charge in [0.1, 0.15) is 6.10 Å². The van der Waals surface area contributed by atoms with Gasteiger partial charge in [0.2, 0.25) is 5.91 Å². The van der Waals surface area contributed by atoms with Crippen molar-refractivity contribution in [1.82, 2.24) is 5.32 Å². The van der Waals surface area contributed by atoms with Crippen LogP contribution in [0.3, 0.4) is 0 Å². The maximum atomic E-state index is 12.6.